The zero-order valence-corrected chi connectivity index (χ0v) is 10.1. The summed E-state index contributed by atoms with van der Waals surface area (Å²) < 4.78 is 0. The zero-order chi connectivity index (χ0) is 11.5. The number of carbonyl (C=O) groups excluding carboxylic acids is 1. The standard InChI is InChI=1S/C12H15ClN2O/c1-2-15(8-9-3-4-9)12(16)10-5-6-14-7-11(10)13/h5-7,9H,2-4,8H2,1H3. The van der Waals surface area contributed by atoms with Crippen molar-refractivity contribution in [3.63, 3.8) is 0 Å². The molecule has 86 valence electrons. The average Bonchev–Trinajstić information content (AvgIpc) is 3.09. The van der Waals surface area contributed by atoms with Gasteiger partial charge in [0.05, 0.1) is 10.6 Å². The molecule has 16 heavy (non-hydrogen) atoms. The molecule has 4 heteroatoms. The van der Waals surface area contributed by atoms with Crippen LogP contribution in [0.5, 0.6) is 0 Å². The molecule has 0 aliphatic heterocycles. The highest BCUT2D eigenvalue weighted by atomic mass is 35.5. The highest BCUT2D eigenvalue weighted by Gasteiger charge is 2.27. The fourth-order valence-corrected chi connectivity index (χ4v) is 1.89. The van der Waals surface area contributed by atoms with Crippen LogP contribution in [0.15, 0.2) is 18.5 Å². The Morgan fingerprint density at radius 3 is 2.94 bits per heavy atom. The Kier molecular flexibility index (Phi) is 3.44. The van der Waals surface area contributed by atoms with E-state index >= 15 is 0 Å². The molecular weight excluding hydrogens is 224 g/mol. The number of carbonyl (C=O) groups is 1. The lowest BCUT2D eigenvalue weighted by atomic mass is 10.2. The third-order valence-corrected chi connectivity index (χ3v) is 3.15. The summed E-state index contributed by atoms with van der Waals surface area (Å²) in [7, 11) is 0. The van der Waals surface area contributed by atoms with Gasteiger partial charge in [-0.2, -0.15) is 0 Å². The minimum Gasteiger partial charge on any atom is -0.339 e. The Balaban J connectivity index is 2.12. The molecule has 1 aliphatic carbocycles. The molecule has 3 nitrogen and oxygen atoms in total. The summed E-state index contributed by atoms with van der Waals surface area (Å²) in [5.74, 6) is 0.714. The van der Waals surface area contributed by atoms with Gasteiger partial charge in [0.1, 0.15) is 0 Å². The SMILES string of the molecule is CCN(CC1CC1)C(=O)c1ccncc1Cl. The van der Waals surface area contributed by atoms with Crippen molar-refractivity contribution in [1.29, 1.82) is 0 Å². The second-order valence-electron chi connectivity index (χ2n) is 4.14. The molecule has 2 rings (SSSR count). The number of hydrogen-bond acceptors (Lipinski definition) is 2. The molecule has 0 bridgehead atoms. The molecule has 1 fully saturated rings. The van der Waals surface area contributed by atoms with Crippen LogP contribution >= 0.6 is 11.6 Å². The first-order valence-corrected chi connectivity index (χ1v) is 5.99. The Hall–Kier alpha value is -1.09. The van der Waals surface area contributed by atoms with E-state index in [4.69, 9.17) is 11.6 Å². The van der Waals surface area contributed by atoms with Crippen LogP contribution in [0.3, 0.4) is 0 Å². The second-order valence-corrected chi connectivity index (χ2v) is 4.55. The summed E-state index contributed by atoms with van der Waals surface area (Å²) in [6, 6.07) is 1.68. The Morgan fingerprint density at radius 1 is 1.62 bits per heavy atom. The van der Waals surface area contributed by atoms with Gasteiger partial charge >= 0.3 is 0 Å². The van der Waals surface area contributed by atoms with Crippen LogP contribution in [-0.4, -0.2) is 28.9 Å². The van der Waals surface area contributed by atoms with Crippen molar-refractivity contribution in [3.8, 4) is 0 Å². The van der Waals surface area contributed by atoms with E-state index in [1.165, 1.54) is 19.0 Å². The normalized spacial score (nSPS) is 14.9. The molecule has 0 atom stereocenters. The largest absolute Gasteiger partial charge is 0.339 e. The Bertz CT molecular complexity index is 390. The van der Waals surface area contributed by atoms with Gasteiger partial charge in [-0.15, -0.1) is 0 Å². The lowest BCUT2D eigenvalue weighted by Crippen LogP contribution is -2.32. The van der Waals surface area contributed by atoms with Gasteiger partial charge in [-0.25, -0.2) is 0 Å². The molecule has 1 saturated carbocycles. The fraction of sp³-hybridized carbons (Fsp3) is 0.500. The smallest absolute Gasteiger partial charge is 0.255 e. The number of nitrogens with zero attached hydrogens (tertiary/aromatic N) is 2. The van der Waals surface area contributed by atoms with Crippen LogP contribution < -0.4 is 0 Å². The number of aromatic nitrogens is 1. The summed E-state index contributed by atoms with van der Waals surface area (Å²) in [6.07, 6.45) is 5.60. The highest BCUT2D eigenvalue weighted by molar-refractivity contribution is 6.33. The fourth-order valence-electron chi connectivity index (χ4n) is 1.69. The zero-order valence-electron chi connectivity index (χ0n) is 9.32. The topological polar surface area (TPSA) is 33.2 Å². The Labute approximate surface area is 100 Å². The molecule has 0 unspecified atom stereocenters. The predicted molar refractivity (Wildman–Crippen MR) is 63.5 cm³/mol. The van der Waals surface area contributed by atoms with E-state index in [-0.39, 0.29) is 5.91 Å². The molecule has 0 aromatic carbocycles. The maximum Gasteiger partial charge on any atom is 0.255 e. The highest BCUT2D eigenvalue weighted by Crippen LogP contribution is 2.30. The number of pyridine rings is 1. The number of amides is 1. The Morgan fingerprint density at radius 2 is 2.38 bits per heavy atom. The van der Waals surface area contributed by atoms with Gasteiger partial charge in [0.15, 0.2) is 0 Å². The summed E-state index contributed by atoms with van der Waals surface area (Å²) >= 11 is 5.96. The van der Waals surface area contributed by atoms with E-state index < -0.39 is 0 Å². The minimum atomic E-state index is 0.0156. The van der Waals surface area contributed by atoms with Crippen molar-refractivity contribution in [2.24, 2.45) is 5.92 Å². The van der Waals surface area contributed by atoms with E-state index in [9.17, 15) is 4.79 Å². The van der Waals surface area contributed by atoms with Gasteiger partial charge in [-0.05, 0) is 31.7 Å². The van der Waals surface area contributed by atoms with Crippen molar-refractivity contribution in [2.45, 2.75) is 19.8 Å². The summed E-state index contributed by atoms with van der Waals surface area (Å²) in [4.78, 5) is 17.9. The lowest BCUT2D eigenvalue weighted by Gasteiger charge is -2.21. The van der Waals surface area contributed by atoms with Crippen molar-refractivity contribution < 1.29 is 4.79 Å². The molecule has 1 aliphatic rings. The van der Waals surface area contributed by atoms with E-state index in [0.717, 1.165) is 13.1 Å². The molecule has 0 saturated heterocycles. The number of rotatable bonds is 4. The molecule has 1 heterocycles. The quantitative estimate of drug-likeness (QED) is 0.808. The molecule has 0 radical (unpaired) electrons. The number of halogens is 1. The first kappa shape index (κ1) is 11.4. The van der Waals surface area contributed by atoms with Crippen molar-refractivity contribution in [3.05, 3.63) is 29.0 Å². The van der Waals surface area contributed by atoms with Gasteiger partial charge in [0, 0.05) is 25.5 Å². The van der Waals surface area contributed by atoms with Crippen LogP contribution in [0.2, 0.25) is 5.02 Å². The van der Waals surface area contributed by atoms with E-state index in [2.05, 4.69) is 4.98 Å². The lowest BCUT2D eigenvalue weighted by molar-refractivity contribution is 0.0757. The van der Waals surface area contributed by atoms with E-state index in [1.807, 2.05) is 11.8 Å². The third-order valence-electron chi connectivity index (χ3n) is 2.85. The third kappa shape index (κ3) is 2.53. The van der Waals surface area contributed by atoms with Crippen molar-refractivity contribution in [1.82, 2.24) is 9.88 Å². The van der Waals surface area contributed by atoms with Gasteiger partial charge in [0.2, 0.25) is 0 Å². The summed E-state index contributed by atoms with van der Waals surface area (Å²) in [6.45, 7) is 3.58. The molecule has 1 amide bonds. The average molecular weight is 239 g/mol. The molecule has 1 aromatic heterocycles. The maximum atomic E-state index is 12.2. The van der Waals surface area contributed by atoms with Gasteiger partial charge in [-0.1, -0.05) is 11.6 Å². The van der Waals surface area contributed by atoms with E-state index in [1.54, 1.807) is 12.3 Å². The second kappa shape index (κ2) is 4.83. The first-order valence-electron chi connectivity index (χ1n) is 5.61. The molecular formula is C12H15ClN2O. The maximum absolute atomic E-state index is 12.2. The molecule has 0 N–H and O–H groups in total. The van der Waals surface area contributed by atoms with Gasteiger partial charge in [-0.3, -0.25) is 9.78 Å². The van der Waals surface area contributed by atoms with Crippen LogP contribution in [-0.2, 0) is 0 Å². The summed E-state index contributed by atoms with van der Waals surface area (Å²) in [5.41, 5.74) is 0.555. The van der Waals surface area contributed by atoms with Crippen molar-refractivity contribution in [2.75, 3.05) is 13.1 Å². The van der Waals surface area contributed by atoms with Crippen LogP contribution in [0, 0.1) is 5.92 Å². The van der Waals surface area contributed by atoms with Crippen LogP contribution in [0.25, 0.3) is 0 Å². The molecule has 1 aromatic rings. The van der Waals surface area contributed by atoms with Crippen LogP contribution in [0.4, 0.5) is 0 Å². The first-order chi connectivity index (χ1) is 7.72. The van der Waals surface area contributed by atoms with Gasteiger partial charge in [0.25, 0.3) is 5.91 Å². The van der Waals surface area contributed by atoms with Crippen molar-refractivity contribution >= 4 is 17.5 Å². The van der Waals surface area contributed by atoms with Gasteiger partial charge < -0.3 is 4.90 Å². The number of hydrogen-bond donors (Lipinski definition) is 0. The summed E-state index contributed by atoms with van der Waals surface area (Å²) in [5, 5.41) is 0.432. The predicted octanol–water partition coefficient (Wildman–Crippen LogP) is 2.61. The minimum absolute atomic E-state index is 0.0156. The van der Waals surface area contributed by atoms with Crippen LogP contribution in [0.1, 0.15) is 30.1 Å². The van der Waals surface area contributed by atoms with E-state index in [0.29, 0.717) is 16.5 Å². The monoisotopic (exact) mass is 238 g/mol. The molecule has 0 spiro atoms.